The fourth-order valence-electron chi connectivity index (χ4n) is 3.36. The van der Waals surface area contributed by atoms with Crippen molar-refractivity contribution in [2.75, 3.05) is 7.05 Å². The highest BCUT2D eigenvalue weighted by Crippen LogP contribution is 2.20. The fraction of sp³-hybridized carbons (Fsp3) is 0.125. The van der Waals surface area contributed by atoms with Crippen LogP contribution in [0.4, 0.5) is 0 Å². The third kappa shape index (κ3) is 4.79. The van der Waals surface area contributed by atoms with E-state index < -0.39 is 0 Å². The molecule has 0 bridgehead atoms. The maximum atomic E-state index is 12.1. The second-order valence-electron chi connectivity index (χ2n) is 7.26. The van der Waals surface area contributed by atoms with E-state index in [4.69, 9.17) is 0 Å². The van der Waals surface area contributed by atoms with Gasteiger partial charge in [-0.25, -0.2) is 4.98 Å². The van der Waals surface area contributed by atoms with E-state index in [0.717, 1.165) is 35.3 Å². The van der Waals surface area contributed by atoms with Crippen LogP contribution in [0.1, 0.15) is 11.1 Å². The van der Waals surface area contributed by atoms with Crippen molar-refractivity contribution in [3.8, 4) is 28.4 Å². The summed E-state index contributed by atoms with van der Waals surface area (Å²) in [6.07, 6.45) is 3.38. The molecule has 0 spiro atoms. The lowest BCUT2D eigenvalue weighted by atomic mass is 10.1. The lowest BCUT2D eigenvalue weighted by Gasteiger charge is -2.17. The average molecular weight is 398 g/mol. The van der Waals surface area contributed by atoms with Crippen LogP contribution in [0.2, 0.25) is 0 Å². The predicted octanol–water partition coefficient (Wildman–Crippen LogP) is 3.84. The number of aromatic hydroxyl groups is 1. The van der Waals surface area contributed by atoms with Crippen LogP contribution in [0.5, 0.6) is 5.75 Å². The second kappa shape index (κ2) is 8.71. The Kier molecular flexibility index (Phi) is 5.68. The van der Waals surface area contributed by atoms with E-state index in [1.807, 2.05) is 55.6 Å². The minimum atomic E-state index is -0.200. The highest BCUT2D eigenvalue weighted by atomic mass is 16.3. The molecule has 0 aliphatic rings. The molecule has 150 valence electrons. The molecular formula is C24H22N4O2. The van der Waals surface area contributed by atoms with Crippen molar-refractivity contribution in [2.24, 2.45) is 0 Å². The SMILES string of the molecule is CN(Cc1ccc(-c2nc(-c3cccnc3)cc(=O)[nH]2)cc1)Cc1cccc(O)c1. The number of rotatable bonds is 6. The summed E-state index contributed by atoms with van der Waals surface area (Å²) < 4.78 is 0. The maximum Gasteiger partial charge on any atom is 0.251 e. The molecule has 0 atom stereocenters. The first-order chi connectivity index (χ1) is 14.6. The van der Waals surface area contributed by atoms with Crippen molar-refractivity contribution in [1.82, 2.24) is 19.9 Å². The van der Waals surface area contributed by atoms with E-state index >= 15 is 0 Å². The van der Waals surface area contributed by atoms with Crippen LogP contribution in [0.15, 0.2) is 83.9 Å². The van der Waals surface area contributed by atoms with Crippen molar-refractivity contribution < 1.29 is 5.11 Å². The molecule has 0 saturated heterocycles. The van der Waals surface area contributed by atoms with Crippen molar-refractivity contribution in [3.63, 3.8) is 0 Å². The molecule has 4 aromatic rings. The van der Waals surface area contributed by atoms with Gasteiger partial charge in [0, 0.05) is 42.7 Å². The van der Waals surface area contributed by atoms with Gasteiger partial charge in [-0.1, -0.05) is 36.4 Å². The molecule has 0 unspecified atom stereocenters. The molecule has 2 aromatic heterocycles. The molecule has 2 aromatic carbocycles. The van der Waals surface area contributed by atoms with Crippen molar-refractivity contribution in [1.29, 1.82) is 0 Å². The molecule has 6 nitrogen and oxygen atoms in total. The molecule has 0 aliphatic heterocycles. The number of aromatic nitrogens is 3. The summed E-state index contributed by atoms with van der Waals surface area (Å²) >= 11 is 0. The van der Waals surface area contributed by atoms with Gasteiger partial charge in [0.1, 0.15) is 11.6 Å². The van der Waals surface area contributed by atoms with Gasteiger partial charge in [-0.05, 0) is 42.4 Å². The molecule has 0 aliphatic carbocycles. The standard InChI is InChI=1S/C24H22N4O2/c1-28(16-18-4-2-6-21(29)12-18)15-17-7-9-19(10-8-17)24-26-22(13-23(30)27-24)20-5-3-11-25-14-20/h2-14,29H,15-16H2,1H3,(H,26,27,30). The lowest BCUT2D eigenvalue weighted by molar-refractivity contribution is 0.318. The van der Waals surface area contributed by atoms with E-state index in [0.29, 0.717) is 11.5 Å². The van der Waals surface area contributed by atoms with E-state index in [9.17, 15) is 9.90 Å². The fourth-order valence-corrected chi connectivity index (χ4v) is 3.36. The first kappa shape index (κ1) is 19.5. The van der Waals surface area contributed by atoms with Crippen LogP contribution in [0.3, 0.4) is 0 Å². The molecular weight excluding hydrogens is 376 g/mol. The summed E-state index contributed by atoms with van der Waals surface area (Å²) in [5.41, 5.74) is 4.24. The van der Waals surface area contributed by atoms with Gasteiger partial charge in [-0.3, -0.25) is 14.7 Å². The summed E-state index contributed by atoms with van der Waals surface area (Å²) in [7, 11) is 2.04. The minimum absolute atomic E-state index is 0.200. The van der Waals surface area contributed by atoms with E-state index in [1.165, 1.54) is 6.07 Å². The Balaban J connectivity index is 1.50. The Labute approximate surface area is 174 Å². The lowest BCUT2D eigenvalue weighted by Crippen LogP contribution is -2.17. The zero-order valence-electron chi connectivity index (χ0n) is 16.6. The summed E-state index contributed by atoms with van der Waals surface area (Å²) in [4.78, 5) is 25.8. The van der Waals surface area contributed by atoms with Crippen LogP contribution in [-0.4, -0.2) is 32.0 Å². The van der Waals surface area contributed by atoms with E-state index in [2.05, 4.69) is 19.9 Å². The highest BCUT2D eigenvalue weighted by molar-refractivity contribution is 5.62. The van der Waals surface area contributed by atoms with Crippen LogP contribution < -0.4 is 5.56 Å². The second-order valence-corrected chi connectivity index (χ2v) is 7.26. The van der Waals surface area contributed by atoms with Crippen LogP contribution in [-0.2, 0) is 13.1 Å². The molecule has 4 rings (SSSR count). The Morgan fingerprint density at radius 1 is 0.933 bits per heavy atom. The monoisotopic (exact) mass is 398 g/mol. The molecule has 6 heteroatoms. The van der Waals surface area contributed by atoms with Gasteiger partial charge in [-0.15, -0.1) is 0 Å². The van der Waals surface area contributed by atoms with Gasteiger partial charge < -0.3 is 10.1 Å². The van der Waals surface area contributed by atoms with Gasteiger partial charge in [0.15, 0.2) is 0 Å². The van der Waals surface area contributed by atoms with Crippen molar-refractivity contribution in [3.05, 3.63) is 101 Å². The van der Waals surface area contributed by atoms with Crippen molar-refractivity contribution >= 4 is 0 Å². The van der Waals surface area contributed by atoms with Crippen LogP contribution >= 0.6 is 0 Å². The maximum absolute atomic E-state index is 12.1. The largest absolute Gasteiger partial charge is 0.508 e. The van der Waals surface area contributed by atoms with Gasteiger partial charge in [-0.2, -0.15) is 0 Å². The van der Waals surface area contributed by atoms with Gasteiger partial charge in [0.05, 0.1) is 5.69 Å². The van der Waals surface area contributed by atoms with Gasteiger partial charge >= 0.3 is 0 Å². The Hall–Kier alpha value is -3.77. The topological polar surface area (TPSA) is 82.1 Å². The number of nitrogens with one attached hydrogen (secondary N) is 1. The van der Waals surface area contributed by atoms with E-state index in [-0.39, 0.29) is 11.3 Å². The number of phenolic OH excluding ortho intramolecular Hbond substituents is 1. The summed E-state index contributed by atoms with van der Waals surface area (Å²) in [5.74, 6) is 0.807. The van der Waals surface area contributed by atoms with Crippen molar-refractivity contribution in [2.45, 2.75) is 13.1 Å². The number of phenols is 1. The molecule has 0 fully saturated rings. The number of pyridine rings is 1. The molecule has 30 heavy (non-hydrogen) atoms. The number of hydrogen-bond donors (Lipinski definition) is 2. The smallest absolute Gasteiger partial charge is 0.251 e. The third-order valence-electron chi connectivity index (χ3n) is 4.74. The Morgan fingerprint density at radius 2 is 1.73 bits per heavy atom. The molecule has 2 heterocycles. The third-order valence-corrected chi connectivity index (χ3v) is 4.74. The predicted molar refractivity (Wildman–Crippen MR) is 117 cm³/mol. The first-order valence-corrected chi connectivity index (χ1v) is 9.64. The molecule has 0 saturated carbocycles. The molecule has 0 amide bonds. The zero-order chi connectivity index (χ0) is 20.9. The number of H-pyrrole nitrogens is 1. The van der Waals surface area contributed by atoms with E-state index in [1.54, 1.807) is 24.5 Å². The molecule has 2 N–H and O–H groups in total. The average Bonchev–Trinajstić information content (AvgIpc) is 2.74. The Morgan fingerprint density at radius 3 is 2.47 bits per heavy atom. The number of nitrogens with zero attached hydrogens (tertiary/aromatic N) is 3. The summed E-state index contributed by atoms with van der Waals surface area (Å²) in [6.45, 7) is 1.49. The number of hydrogen-bond acceptors (Lipinski definition) is 5. The first-order valence-electron chi connectivity index (χ1n) is 9.64. The summed E-state index contributed by atoms with van der Waals surface area (Å²) in [6, 6.07) is 20.5. The minimum Gasteiger partial charge on any atom is -0.508 e. The van der Waals surface area contributed by atoms with Crippen LogP contribution in [0, 0.1) is 0 Å². The quantitative estimate of drug-likeness (QED) is 0.516. The summed E-state index contributed by atoms with van der Waals surface area (Å²) in [5, 5.41) is 9.61. The highest BCUT2D eigenvalue weighted by Gasteiger charge is 2.08. The van der Waals surface area contributed by atoms with Gasteiger partial charge in [0.25, 0.3) is 5.56 Å². The number of aromatic amines is 1. The number of benzene rings is 2. The van der Waals surface area contributed by atoms with Gasteiger partial charge in [0.2, 0.25) is 0 Å². The zero-order valence-corrected chi connectivity index (χ0v) is 16.6. The Bertz CT molecular complexity index is 1190. The van der Waals surface area contributed by atoms with Crippen LogP contribution in [0.25, 0.3) is 22.6 Å². The molecule has 0 radical (unpaired) electrons. The normalized spacial score (nSPS) is 11.0.